The number of rotatable bonds is 4. The minimum atomic E-state index is -0.569. The lowest BCUT2D eigenvalue weighted by atomic mass is 10.2. The van der Waals surface area contributed by atoms with Crippen molar-refractivity contribution < 1.29 is 13.5 Å². The van der Waals surface area contributed by atoms with Crippen LogP contribution in [0.2, 0.25) is 5.02 Å². The Hall–Kier alpha value is -1.72. The standard InChI is InChI=1S/C14H10ClF2NOS/c15-13-8(2-1-3-11(13)16)7-19-9-4-5-10(14(18)20)12(17)6-9/h1-6H,7H2,(H2,18,20). The molecule has 0 radical (unpaired) electrons. The van der Waals surface area contributed by atoms with Crippen molar-refractivity contribution in [2.45, 2.75) is 6.61 Å². The zero-order valence-electron chi connectivity index (χ0n) is 10.2. The van der Waals surface area contributed by atoms with Crippen LogP contribution in [-0.2, 0) is 6.61 Å². The quantitative estimate of drug-likeness (QED) is 0.871. The van der Waals surface area contributed by atoms with Crippen LogP contribution in [0.5, 0.6) is 5.75 Å². The zero-order chi connectivity index (χ0) is 14.7. The van der Waals surface area contributed by atoms with Crippen LogP contribution in [-0.4, -0.2) is 4.99 Å². The van der Waals surface area contributed by atoms with E-state index in [9.17, 15) is 8.78 Å². The molecule has 0 amide bonds. The molecule has 0 fully saturated rings. The molecule has 0 unspecified atom stereocenters. The first kappa shape index (κ1) is 14.7. The van der Waals surface area contributed by atoms with Gasteiger partial charge in [0, 0.05) is 17.2 Å². The predicted molar refractivity (Wildman–Crippen MR) is 78.0 cm³/mol. The summed E-state index contributed by atoms with van der Waals surface area (Å²) in [7, 11) is 0. The molecule has 0 atom stereocenters. The van der Waals surface area contributed by atoms with Crippen LogP contribution in [0, 0.1) is 11.6 Å². The number of benzene rings is 2. The maximum atomic E-state index is 13.6. The molecule has 0 aromatic heterocycles. The Balaban J connectivity index is 2.13. The monoisotopic (exact) mass is 313 g/mol. The second kappa shape index (κ2) is 6.15. The van der Waals surface area contributed by atoms with E-state index < -0.39 is 11.6 Å². The molecular weight excluding hydrogens is 304 g/mol. The molecule has 6 heteroatoms. The highest BCUT2D eigenvalue weighted by Crippen LogP contribution is 2.22. The first-order chi connectivity index (χ1) is 9.49. The molecule has 2 N–H and O–H groups in total. The minimum Gasteiger partial charge on any atom is -0.489 e. The third-order valence-electron chi connectivity index (χ3n) is 2.63. The van der Waals surface area contributed by atoms with Crippen molar-refractivity contribution in [2.24, 2.45) is 5.73 Å². The number of nitrogens with two attached hydrogens (primary N) is 1. The van der Waals surface area contributed by atoms with Gasteiger partial charge in [0.05, 0.1) is 5.02 Å². The highest BCUT2D eigenvalue weighted by Gasteiger charge is 2.09. The molecule has 0 bridgehead atoms. The van der Waals surface area contributed by atoms with Gasteiger partial charge in [-0.2, -0.15) is 0 Å². The first-order valence-electron chi connectivity index (χ1n) is 5.64. The van der Waals surface area contributed by atoms with Gasteiger partial charge in [-0.3, -0.25) is 0 Å². The number of halogens is 3. The summed E-state index contributed by atoms with van der Waals surface area (Å²) in [5.41, 5.74) is 5.98. The van der Waals surface area contributed by atoms with E-state index in [4.69, 9.17) is 34.3 Å². The molecule has 0 aliphatic rings. The molecule has 0 spiro atoms. The largest absolute Gasteiger partial charge is 0.489 e. The number of hydrogen-bond acceptors (Lipinski definition) is 2. The Kier molecular flexibility index (Phi) is 4.52. The lowest BCUT2D eigenvalue weighted by molar-refractivity contribution is 0.304. The van der Waals surface area contributed by atoms with E-state index in [1.165, 1.54) is 30.3 Å². The zero-order valence-corrected chi connectivity index (χ0v) is 11.8. The van der Waals surface area contributed by atoms with E-state index in [-0.39, 0.29) is 27.9 Å². The Bertz CT molecular complexity index is 664. The Morgan fingerprint density at radius 2 is 1.95 bits per heavy atom. The molecule has 2 nitrogen and oxygen atoms in total. The summed E-state index contributed by atoms with van der Waals surface area (Å²) in [4.78, 5) is -0.0257. The van der Waals surface area contributed by atoms with Crippen LogP contribution < -0.4 is 10.5 Å². The lowest BCUT2D eigenvalue weighted by Gasteiger charge is -2.09. The van der Waals surface area contributed by atoms with Crippen molar-refractivity contribution in [3.05, 3.63) is 64.2 Å². The van der Waals surface area contributed by atoms with Gasteiger partial charge in [0.25, 0.3) is 0 Å². The maximum absolute atomic E-state index is 13.6. The Morgan fingerprint density at radius 3 is 2.60 bits per heavy atom. The van der Waals surface area contributed by atoms with Gasteiger partial charge in [-0.1, -0.05) is 36.0 Å². The smallest absolute Gasteiger partial charge is 0.142 e. The van der Waals surface area contributed by atoms with Crippen LogP contribution in [0.4, 0.5) is 8.78 Å². The summed E-state index contributed by atoms with van der Waals surface area (Å²) >= 11 is 10.5. The highest BCUT2D eigenvalue weighted by molar-refractivity contribution is 7.80. The molecule has 104 valence electrons. The molecule has 20 heavy (non-hydrogen) atoms. The van der Waals surface area contributed by atoms with Gasteiger partial charge in [0.1, 0.15) is 29.0 Å². The minimum absolute atomic E-state index is 0.00673. The van der Waals surface area contributed by atoms with Gasteiger partial charge in [0.2, 0.25) is 0 Å². The number of thiocarbonyl (C=S) groups is 1. The third-order valence-corrected chi connectivity index (χ3v) is 3.28. The fourth-order valence-electron chi connectivity index (χ4n) is 1.61. The Labute approximate surface area is 125 Å². The molecule has 0 aliphatic carbocycles. The topological polar surface area (TPSA) is 35.2 Å². The Morgan fingerprint density at radius 1 is 1.20 bits per heavy atom. The average molecular weight is 314 g/mol. The lowest BCUT2D eigenvalue weighted by Crippen LogP contribution is -2.11. The van der Waals surface area contributed by atoms with E-state index in [0.29, 0.717) is 5.56 Å². The van der Waals surface area contributed by atoms with Gasteiger partial charge in [-0.15, -0.1) is 0 Å². The molecular formula is C14H10ClF2NOS. The second-order valence-electron chi connectivity index (χ2n) is 4.01. The van der Waals surface area contributed by atoms with E-state index in [1.54, 1.807) is 6.07 Å². The van der Waals surface area contributed by atoms with E-state index in [1.807, 2.05) is 0 Å². The summed E-state index contributed by atoms with van der Waals surface area (Å²) < 4.78 is 32.2. The maximum Gasteiger partial charge on any atom is 0.142 e. The van der Waals surface area contributed by atoms with E-state index >= 15 is 0 Å². The van der Waals surface area contributed by atoms with Crippen molar-refractivity contribution >= 4 is 28.8 Å². The second-order valence-corrected chi connectivity index (χ2v) is 4.83. The molecule has 0 aliphatic heterocycles. The van der Waals surface area contributed by atoms with Crippen LogP contribution in [0.1, 0.15) is 11.1 Å². The molecule has 0 saturated carbocycles. The van der Waals surface area contributed by atoms with Gasteiger partial charge >= 0.3 is 0 Å². The van der Waals surface area contributed by atoms with Crippen LogP contribution >= 0.6 is 23.8 Å². The van der Waals surface area contributed by atoms with Crippen molar-refractivity contribution in [3.8, 4) is 5.75 Å². The highest BCUT2D eigenvalue weighted by atomic mass is 35.5. The fourth-order valence-corrected chi connectivity index (χ4v) is 1.95. The van der Waals surface area contributed by atoms with Gasteiger partial charge in [-0.05, 0) is 18.2 Å². The van der Waals surface area contributed by atoms with Crippen LogP contribution in [0.25, 0.3) is 0 Å². The van der Waals surface area contributed by atoms with Gasteiger partial charge in [0.15, 0.2) is 0 Å². The summed E-state index contributed by atoms with van der Waals surface area (Å²) in [6.45, 7) is 0.0302. The van der Waals surface area contributed by atoms with Gasteiger partial charge in [-0.25, -0.2) is 8.78 Å². The predicted octanol–water partition coefficient (Wildman–Crippen LogP) is 3.83. The molecule has 0 heterocycles. The van der Waals surface area contributed by atoms with E-state index in [2.05, 4.69) is 0 Å². The first-order valence-corrected chi connectivity index (χ1v) is 6.42. The third kappa shape index (κ3) is 3.23. The van der Waals surface area contributed by atoms with Gasteiger partial charge < -0.3 is 10.5 Å². The average Bonchev–Trinajstić information content (AvgIpc) is 2.40. The molecule has 2 rings (SSSR count). The molecule has 0 saturated heterocycles. The summed E-state index contributed by atoms with van der Waals surface area (Å²) in [5, 5.41) is -0.00673. The fraction of sp³-hybridized carbons (Fsp3) is 0.0714. The number of hydrogen-bond donors (Lipinski definition) is 1. The summed E-state index contributed by atoms with van der Waals surface area (Å²) in [6, 6.07) is 8.54. The van der Waals surface area contributed by atoms with Crippen molar-refractivity contribution in [1.82, 2.24) is 0 Å². The summed E-state index contributed by atoms with van der Waals surface area (Å²) in [5.74, 6) is -0.814. The molecule has 2 aromatic rings. The summed E-state index contributed by atoms with van der Waals surface area (Å²) in [6.07, 6.45) is 0. The van der Waals surface area contributed by atoms with Crippen molar-refractivity contribution in [1.29, 1.82) is 0 Å². The number of ether oxygens (including phenoxy) is 1. The van der Waals surface area contributed by atoms with Crippen molar-refractivity contribution in [2.75, 3.05) is 0 Å². The normalized spacial score (nSPS) is 10.3. The van der Waals surface area contributed by atoms with Crippen molar-refractivity contribution in [3.63, 3.8) is 0 Å². The molecule has 2 aromatic carbocycles. The van der Waals surface area contributed by atoms with Crippen LogP contribution in [0.3, 0.4) is 0 Å². The van der Waals surface area contributed by atoms with Crippen LogP contribution in [0.15, 0.2) is 36.4 Å². The SMILES string of the molecule is NC(=S)c1ccc(OCc2cccc(F)c2Cl)cc1F. The van der Waals surface area contributed by atoms with E-state index in [0.717, 1.165) is 0 Å².